The van der Waals surface area contributed by atoms with E-state index >= 15 is 0 Å². The van der Waals surface area contributed by atoms with Crippen molar-refractivity contribution in [1.82, 2.24) is 4.90 Å². The second kappa shape index (κ2) is 6.32. The van der Waals surface area contributed by atoms with Crippen LogP contribution in [0.1, 0.15) is 26.3 Å². The van der Waals surface area contributed by atoms with Crippen LogP contribution >= 0.6 is 0 Å². The maximum Gasteiger partial charge on any atom is 0.261 e. The van der Waals surface area contributed by atoms with Gasteiger partial charge in [0.05, 0.1) is 29.9 Å². The Bertz CT molecular complexity index is 694. The minimum absolute atomic E-state index is 0.286. The molecule has 2 N–H and O–H groups in total. The molecular weight excluding hydrogens is 294 g/mol. The van der Waals surface area contributed by atoms with Crippen LogP contribution in [-0.4, -0.2) is 45.7 Å². The molecule has 118 valence electrons. The number of aliphatic hydroxyl groups is 2. The Balaban J connectivity index is 1.95. The number of imide groups is 1. The number of amides is 2. The van der Waals surface area contributed by atoms with E-state index < -0.39 is 30.6 Å². The first-order valence-electron chi connectivity index (χ1n) is 7.43. The lowest BCUT2D eigenvalue weighted by atomic mass is 10.00. The SMILES string of the molecule is O=C1c2ccccc2C(=O)N1[C@@H](Cc1ccccc1)[C@@H](O)CO. The van der Waals surface area contributed by atoms with E-state index in [2.05, 4.69) is 0 Å². The Morgan fingerprint density at radius 1 is 0.870 bits per heavy atom. The van der Waals surface area contributed by atoms with E-state index in [1.165, 1.54) is 0 Å². The second-order valence-corrected chi connectivity index (χ2v) is 5.53. The minimum atomic E-state index is -1.20. The van der Waals surface area contributed by atoms with Crippen molar-refractivity contribution >= 4 is 11.8 Å². The summed E-state index contributed by atoms with van der Waals surface area (Å²) in [4.78, 5) is 26.2. The van der Waals surface area contributed by atoms with Gasteiger partial charge in [0.1, 0.15) is 0 Å². The Morgan fingerprint density at radius 3 is 1.91 bits per heavy atom. The highest BCUT2D eigenvalue weighted by atomic mass is 16.3. The number of fused-ring (bicyclic) bond motifs is 1. The van der Waals surface area contributed by atoms with Crippen molar-refractivity contribution in [2.45, 2.75) is 18.6 Å². The Kier molecular flexibility index (Phi) is 4.23. The fraction of sp³-hybridized carbons (Fsp3) is 0.222. The maximum absolute atomic E-state index is 12.6. The van der Waals surface area contributed by atoms with Gasteiger partial charge in [-0.1, -0.05) is 42.5 Å². The predicted molar refractivity (Wildman–Crippen MR) is 84.0 cm³/mol. The number of hydrogen-bond acceptors (Lipinski definition) is 4. The maximum atomic E-state index is 12.6. The van der Waals surface area contributed by atoms with Crippen LogP contribution in [0.15, 0.2) is 54.6 Å². The van der Waals surface area contributed by atoms with Gasteiger partial charge in [0.15, 0.2) is 0 Å². The average Bonchev–Trinajstić information content (AvgIpc) is 2.85. The van der Waals surface area contributed by atoms with E-state index in [0.29, 0.717) is 11.1 Å². The third-order valence-electron chi connectivity index (χ3n) is 4.08. The molecule has 3 rings (SSSR count). The first kappa shape index (κ1) is 15.4. The van der Waals surface area contributed by atoms with Gasteiger partial charge in [-0.15, -0.1) is 0 Å². The highest BCUT2D eigenvalue weighted by molar-refractivity contribution is 6.21. The monoisotopic (exact) mass is 311 g/mol. The van der Waals surface area contributed by atoms with Gasteiger partial charge in [0.2, 0.25) is 0 Å². The van der Waals surface area contributed by atoms with Gasteiger partial charge < -0.3 is 10.2 Å². The summed E-state index contributed by atoms with van der Waals surface area (Å²) in [6, 6.07) is 15.0. The quantitative estimate of drug-likeness (QED) is 0.815. The predicted octanol–water partition coefficient (Wildman–Crippen LogP) is 1.25. The molecule has 0 spiro atoms. The van der Waals surface area contributed by atoms with Crippen LogP contribution in [-0.2, 0) is 6.42 Å². The minimum Gasteiger partial charge on any atom is -0.394 e. The van der Waals surface area contributed by atoms with Gasteiger partial charge in [-0.3, -0.25) is 14.5 Å². The van der Waals surface area contributed by atoms with Crippen LogP contribution in [0.4, 0.5) is 0 Å². The van der Waals surface area contributed by atoms with Crippen molar-refractivity contribution in [1.29, 1.82) is 0 Å². The zero-order chi connectivity index (χ0) is 16.4. The zero-order valence-electron chi connectivity index (χ0n) is 12.4. The molecule has 2 atom stereocenters. The molecule has 1 aliphatic heterocycles. The number of nitrogens with zero attached hydrogens (tertiary/aromatic N) is 1. The van der Waals surface area contributed by atoms with Crippen LogP contribution in [0.2, 0.25) is 0 Å². The highest BCUT2D eigenvalue weighted by Gasteiger charge is 2.42. The number of aliphatic hydroxyl groups excluding tert-OH is 2. The number of benzene rings is 2. The topological polar surface area (TPSA) is 77.8 Å². The lowest BCUT2D eigenvalue weighted by Gasteiger charge is -2.29. The summed E-state index contributed by atoms with van der Waals surface area (Å²) in [5.41, 5.74) is 1.54. The third kappa shape index (κ3) is 2.76. The van der Waals surface area contributed by atoms with Gasteiger partial charge in [-0.25, -0.2) is 0 Å². The molecule has 2 amide bonds. The van der Waals surface area contributed by atoms with Crippen molar-refractivity contribution < 1.29 is 19.8 Å². The first-order valence-corrected chi connectivity index (χ1v) is 7.43. The van der Waals surface area contributed by atoms with Crippen LogP contribution < -0.4 is 0 Å². The molecule has 0 saturated heterocycles. The van der Waals surface area contributed by atoms with Crippen LogP contribution in [0, 0.1) is 0 Å². The van der Waals surface area contributed by atoms with Gasteiger partial charge in [0, 0.05) is 0 Å². The second-order valence-electron chi connectivity index (χ2n) is 5.53. The number of carbonyl (C=O) groups excluding carboxylic acids is 2. The van der Waals surface area contributed by atoms with Crippen molar-refractivity contribution in [3.63, 3.8) is 0 Å². The molecule has 0 aromatic heterocycles. The summed E-state index contributed by atoms with van der Waals surface area (Å²) < 4.78 is 0. The highest BCUT2D eigenvalue weighted by Crippen LogP contribution is 2.27. The molecule has 0 fully saturated rings. The Labute approximate surface area is 133 Å². The summed E-state index contributed by atoms with van der Waals surface area (Å²) in [6.45, 7) is -0.523. The first-order chi connectivity index (χ1) is 11.1. The zero-order valence-corrected chi connectivity index (χ0v) is 12.4. The summed E-state index contributed by atoms with van der Waals surface area (Å²) >= 11 is 0. The molecule has 1 heterocycles. The third-order valence-corrected chi connectivity index (χ3v) is 4.08. The smallest absolute Gasteiger partial charge is 0.261 e. The van der Waals surface area contributed by atoms with Crippen molar-refractivity contribution in [3.8, 4) is 0 Å². The van der Waals surface area contributed by atoms with Gasteiger partial charge in [0.25, 0.3) is 11.8 Å². The molecule has 23 heavy (non-hydrogen) atoms. The van der Waals surface area contributed by atoms with E-state index in [1.807, 2.05) is 30.3 Å². The molecule has 1 aliphatic rings. The molecule has 0 unspecified atom stereocenters. The fourth-order valence-corrected chi connectivity index (χ4v) is 2.89. The lowest BCUT2D eigenvalue weighted by Crippen LogP contribution is -2.49. The van der Waals surface area contributed by atoms with Crippen LogP contribution in [0.5, 0.6) is 0 Å². The van der Waals surface area contributed by atoms with Crippen molar-refractivity contribution in [2.75, 3.05) is 6.61 Å². The Morgan fingerprint density at radius 2 is 1.39 bits per heavy atom. The van der Waals surface area contributed by atoms with Crippen LogP contribution in [0.3, 0.4) is 0 Å². The number of rotatable bonds is 5. The molecule has 5 heteroatoms. The van der Waals surface area contributed by atoms with E-state index in [4.69, 9.17) is 0 Å². The summed E-state index contributed by atoms with van der Waals surface area (Å²) in [6.07, 6.45) is -0.911. The van der Waals surface area contributed by atoms with Gasteiger partial charge >= 0.3 is 0 Å². The standard InChI is InChI=1S/C18H17NO4/c20-11-16(21)15(10-12-6-2-1-3-7-12)19-17(22)13-8-4-5-9-14(13)18(19)23/h1-9,15-16,20-21H,10-11H2/t15-,16-/m0/s1. The molecule has 2 aromatic rings. The number of carbonyl (C=O) groups is 2. The van der Waals surface area contributed by atoms with Crippen LogP contribution in [0.25, 0.3) is 0 Å². The number of hydrogen-bond donors (Lipinski definition) is 2. The van der Waals surface area contributed by atoms with E-state index in [0.717, 1.165) is 10.5 Å². The molecule has 0 aliphatic carbocycles. The molecule has 0 bridgehead atoms. The summed E-state index contributed by atoms with van der Waals surface area (Å²) in [5, 5.41) is 19.5. The van der Waals surface area contributed by atoms with Gasteiger partial charge in [-0.05, 0) is 24.1 Å². The van der Waals surface area contributed by atoms with Crippen molar-refractivity contribution in [2.24, 2.45) is 0 Å². The molecule has 5 nitrogen and oxygen atoms in total. The van der Waals surface area contributed by atoms with Gasteiger partial charge in [-0.2, -0.15) is 0 Å². The molecule has 2 aromatic carbocycles. The summed E-state index contributed by atoms with van der Waals surface area (Å²) in [5.74, 6) is -0.863. The van der Waals surface area contributed by atoms with E-state index in [-0.39, 0.29) is 6.42 Å². The molecular formula is C18H17NO4. The van der Waals surface area contributed by atoms with Crippen molar-refractivity contribution in [3.05, 3.63) is 71.3 Å². The summed E-state index contributed by atoms with van der Waals surface area (Å²) in [7, 11) is 0. The normalized spacial score (nSPS) is 16.3. The molecule has 0 saturated carbocycles. The fourth-order valence-electron chi connectivity index (χ4n) is 2.89. The van der Waals surface area contributed by atoms with E-state index in [1.54, 1.807) is 24.3 Å². The average molecular weight is 311 g/mol. The molecule has 0 radical (unpaired) electrons. The van der Waals surface area contributed by atoms with E-state index in [9.17, 15) is 19.8 Å². The Hall–Kier alpha value is -2.50. The largest absolute Gasteiger partial charge is 0.394 e. The lowest BCUT2D eigenvalue weighted by molar-refractivity contribution is 0.0147.